The van der Waals surface area contributed by atoms with Crippen LogP contribution in [0.3, 0.4) is 0 Å². The van der Waals surface area contributed by atoms with Crippen LogP contribution in [0, 0.1) is 0 Å². The van der Waals surface area contributed by atoms with Gasteiger partial charge in [0, 0.05) is 12.3 Å². The fraction of sp³-hybridized carbons (Fsp3) is 0.290. The van der Waals surface area contributed by atoms with E-state index in [-0.39, 0.29) is 6.61 Å². The summed E-state index contributed by atoms with van der Waals surface area (Å²) in [6.07, 6.45) is -3.01. The smallest absolute Gasteiger partial charge is 0.330 e. The van der Waals surface area contributed by atoms with Gasteiger partial charge in [0.2, 0.25) is 0 Å². The molecule has 0 saturated carbocycles. The van der Waals surface area contributed by atoms with Crippen molar-refractivity contribution in [3.05, 3.63) is 129 Å². The number of ether oxygens (including phenoxy) is 5. The van der Waals surface area contributed by atoms with E-state index in [0.29, 0.717) is 11.5 Å². The van der Waals surface area contributed by atoms with Gasteiger partial charge in [-0.15, -0.1) is 0 Å². The van der Waals surface area contributed by atoms with Crippen LogP contribution in [-0.2, 0) is 19.8 Å². The summed E-state index contributed by atoms with van der Waals surface area (Å²) in [4.78, 5) is 26.3. The Morgan fingerprint density at radius 3 is 1.98 bits per heavy atom. The fourth-order valence-electron chi connectivity index (χ4n) is 5.68. The lowest BCUT2D eigenvalue weighted by Crippen LogP contribution is -2.42. The van der Waals surface area contributed by atoms with Crippen LogP contribution in [0.25, 0.3) is 0 Å². The zero-order valence-electron chi connectivity index (χ0n) is 22.5. The van der Waals surface area contributed by atoms with E-state index >= 15 is 0 Å². The van der Waals surface area contributed by atoms with Crippen LogP contribution in [-0.4, -0.2) is 59.9 Å². The molecule has 1 aromatic heterocycles. The first-order valence-electron chi connectivity index (χ1n) is 13.2. The minimum Gasteiger partial charge on any atom is -0.497 e. The Bertz CT molecular complexity index is 1550. The molecule has 0 bridgehead atoms. The average Bonchev–Trinajstić information content (AvgIpc) is 3.56. The second kappa shape index (κ2) is 11.0. The first kappa shape index (κ1) is 27.0. The van der Waals surface area contributed by atoms with Crippen molar-refractivity contribution >= 4 is 0 Å². The van der Waals surface area contributed by atoms with Gasteiger partial charge < -0.3 is 28.8 Å². The van der Waals surface area contributed by atoms with Crippen molar-refractivity contribution in [2.24, 2.45) is 0 Å². The third kappa shape index (κ3) is 4.74. The zero-order valence-corrected chi connectivity index (χ0v) is 22.5. The van der Waals surface area contributed by atoms with Gasteiger partial charge in [0.25, 0.3) is 5.56 Å². The second-order valence-electron chi connectivity index (χ2n) is 9.96. The number of hydrogen-bond donors (Lipinski definition) is 2. The Balaban J connectivity index is 1.44. The molecule has 3 aromatic carbocycles. The predicted molar refractivity (Wildman–Crippen MR) is 148 cm³/mol. The van der Waals surface area contributed by atoms with Crippen molar-refractivity contribution in [3.8, 4) is 11.5 Å². The van der Waals surface area contributed by atoms with Crippen molar-refractivity contribution in [1.82, 2.24) is 9.55 Å². The summed E-state index contributed by atoms with van der Waals surface area (Å²) < 4.78 is 31.4. The van der Waals surface area contributed by atoms with Crippen LogP contribution < -0.4 is 20.7 Å². The summed E-state index contributed by atoms with van der Waals surface area (Å²) in [6, 6.07) is 26.4. The summed E-state index contributed by atoms with van der Waals surface area (Å²) in [6.45, 7) is 0.153. The molecule has 6 rings (SSSR count). The molecule has 41 heavy (non-hydrogen) atoms. The van der Waals surface area contributed by atoms with E-state index in [1.165, 1.54) is 12.3 Å². The summed E-state index contributed by atoms with van der Waals surface area (Å²) >= 11 is 0. The molecule has 0 aliphatic carbocycles. The largest absolute Gasteiger partial charge is 0.497 e. The molecule has 5 atom stereocenters. The van der Waals surface area contributed by atoms with E-state index in [1.54, 1.807) is 14.2 Å². The number of rotatable bonds is 8. The summed E-state index contributed by atoms with van der Waals surface area (Å²) in [5.41, 5.74) is 0.196. The zero-order chi connectivity index (χ0) is 28.6. The number of aromatic amines is 1. The summed E-state index contributed by atoms with van der Waals surface area (Å²) in [5.74, 6) is 1.40. The van der Waals surface area contributed by atoms with Crippen molar-refractivity contribution in [2.75, 3.05) is 20.8 Å². The van der Waals surface area contributed by atoms with E-state index < -0.39 is 47.5 Å². The van der Waals surface area contributed by atoms with E-state index in [2.05, 4.69) is 4.98 Å². The van der Waals surface area contributed by atoms with E-state index in [1.807, 2.05) is 78.9 Å². The summed E-state index contributed by atoms with van der Waals surface area (Å²) in [7, 11) is 3.23. The van der Waals surface area contributed by atoms with Gasteiger partial charge in [-0.1, -0.05) is 54.6 Å². The highest BCUT2D eigenvalue weighted by Crippen LogP contribution is 2.46. The van der Waals surface area contributed by atoms with E-state index in [0.717, 1.165) is 21.3 Å². The van der Waals surface area contributed by atoms with Gasteiger partial charge >= 0.3 is 5.69 Å². The maximum atomic E-state index is 12.5. The highest BCUT2D eigenvalue weighted by Gasteiger charge is 2.56. The number of aliphatic hydroxyl groups is 1. The van der Waals surface area contributed by atoms with Crippen molar-refractivity contribution < 1.29 is 28.8 Å². The molecule has 0 amide bonds. The van der Waals surface area contributed by atoms with Gasteiger partial charge in [0.15, 0.2) is 6.23 Å². The molecule has 2 saturated heterocycles. The van der Waals surface area contributed by atoms with Crippen LogP contribution in [0.15, 0.2) is 101 Å². The number of aromatic nitrogens is 2. The Morgan fingerprint density at radius 2 is 1.41 bits per heavy atom. The van der Waals surface area contributed by atoms with Crippen LogP contribution in [0.5, 0.6) is 11.5 Å². The normalized spacial score (nSPS) is 23.7. The van der Waals surface area contributed by atoms with E-state index in [4.69, 9.17) is 23.7 Å². The van der Waals surface area contributed by atoms with Crippen molar-refractivity contribution in [2.45, 2.75) is 36.2 Å². The monoisotopic (exact) mass is 558 g/mol. The molecule has 0 unspecified atom stereocenters. The van der Waals surface area contributed by atoms with Crippen LogP contribution in [0.4, 0.5) is 0 Å². The van der Waals surface area contributed by atoms with Crippen molar-refractivity contribution in [3.63, 3.8) is 0 Å². The Labute approximate surface area is 235 Å². The average molecular weight is 559 g/mol. The molecular weight excluding hydrogens is 528 g/mol. The molecule has 2 fully saturated rings. The maximum absolute atomic E-state index is 12.5. The lowest BCUT2D eigenvalue weighted by Gasteiger charge is -2.39. The Morgan fingerprint density at radius 1 is 0.829 bits per heavy atom. The molecule has 3 heterocycles. The Hall–Kier alpha value is -4.22. The lowest BCUT2D eigenvalue weighted by molar-refractivity contribution is -0.128. The third-order valence-electron chi connectivity index (χ3n) is 7.70. The number of H-pyrrole nitrogens is 1. The van der Waals surface area contributed by atoms with Crippen molar-refractivity contribution in [1.29, 1.82) is 0 Å². The number of benzene rings is 3. The molecule has 2 aliphatic heterocycles. The van der Waals surface area contributed by atoms with Crippen LogP contribution in [0.2, 0.25) is 0 Å². The van der Waals surface area contributed by atoms with Gasteiger partial charge in [-0.3, -0.25) is 14.3 Å². The second-order valence-corrected chi connectivity index (χ2v) is 9.96. The molecule has 0 spiro atoms. The van der Waals surface area contributed by atoms with Gasteiger partial charge in [0.1, 0.15) is 41.5 Å². The maximum Gasteiger partial charge on any atom is 0.330 e. The number of methoxy groups -OCH3 is 2. The van der Waals surface area contributed by atoms with E-state index in [9.17, 15) is 14.7 Å². The minimum absolute atomic E-state index is 0.153. The molecule has 212 valence electrons. The predicted octanol–water partition coefficient (Wildman–Crippen LogP) is 2.59. The molecule has 2 aliphatic rings. The van der Waals surface area contributed by atoms with Gasteiger partial charge in [-0.25, -0.2) is 4.79 Å². The number of hydrogen-bond acceptors (Lipinski definition) is 8. The van der Waals surface area contributed by atoms with Gasteiger partial charge in [-0.05, 0) is 41.0 Å². The van der Waals surface area contributed by atoms with Crippen LogP contribution >= 0.6 is 0 Å². The topological polar surface area (TPSA) is 121 Å². The lowest BCUT2D eigenvalue weighted by atomic mass is 9.79. The summed E-state index contributed by atoms with van der Waals surface area (Å²) in [5, 5.41) is 11.1. The SMILES string of the molecule is COc1ccc(C(O[C@@H]2CO[C@@H]3[C@@H](O)[C@H](n4ccc(=O)[nH]c4=O)O[C@@H]32)(c2ccccc2)c2ccc(OC)cc2)cc1. The Kier molecular flexibility index (Phi) is 7.22. The third-order valence-corrected chi connectivity index (χ3v) is 7.70. The minimum atomic E-state index is -1.16. The number of fused-ring (bicyclic) bond motifs is 1. The molecular formula is C31H30N2O8. The first-order chi connectivity index (χ1) is 19.9. The molecule has 4 aromatic rings. The quantitative estimate of drug-likeness (QED) is 0.317. The van der Waals surface area contributed by atoms with Crippen LogP contribution in [0.1, 0.15) is 22.9 Å². The number of aliphatic hydroxyl groups excluding tert-OH is 1. The standard InChI is InChI=1S/C31H30N2O8/c1-37-22-12-8-20(9-13-22)31(19-6-4-3-5-7-19,21-10-14-23(38-2)15-11-21)41-24-18-39-28-26(35)29(40-27(24)28)33-17-16-25(34)32-30(33)36/h3-17,24,26-29,35H,18H2,1-2H3,(H,32,34,36)/t24-,26-,27-,28-,29-/m1/s1. The highest BCUT2D eigenvalue weighted by molar-refractivity contribution is 5.50. The molecule has 10 nitrogen and oxygen atoms in total. The fourth-order valence-corrected chi connectivity index (χ4v) is 5.68. The number of nitrogens with one attached hydrogen (secondary N) is 1. The molecule has 0 radical (unpaired) electrons. The highest BCUT2D eigenvalue weighted by atomic mass is 16.6. The first-order valence-corrected chi connectivity index (χ1v) is 13.2. The number of nitrogens with zero attached hydrogens (tertiary/aromatic N) is 1. The van der Waals surface area contributed by atoms with Gasteiger partial charge in [0.05, 0.1) is 20.8 Å². The molecule has 2 N–H and O–H groups in total. The van der Waals surface area contributed by atoms with Gasteiger partial charge in [-0.2, -0.15) is 0 Å². The molecule has 10 heteroatoms.